The predicted octanol–water partition coefficient (Wildman–Crippen LogP) is -0.760. The number of nitrogens with zero attached hydrogens (tertiary/aromatic N) is 3. The maximum atomic E-state index is 11.7. The molecule has 1 aliphatic rings. The molecule has 1 fully saturated rings. The van der Waals surface area contributed by atoms with E-state index in [1.54, 1.807) is 13.0 Å². The fraction of sp³-hybridized carbons (Fsp3) is 0.400. The summed E-state index contributed by atoms with van der Waals surface area (Å²) in [7, 11) is 1.46. The minimum absolute atomic E-state index is 0.129. The Hall–Kier alpha value is -2.22. The van der Waals surface area contributed by atoms with Crippen LogP contribution in [0, 0.1) is 6.92 Å². The summed E-state index contributed by atoms with van der Waals surface area (Å²) in [4.78, 5) is 32.3. The maximum absolute atomic E-state index is 11.7. The van der Waals surface area contributed by atoms with Gasteiger partial charge in [0.1, 0.15) is 11.9 Å². The molecule has 1 aromatic heterocycles. The van der Waals surface area contributed by atoms with Gasteiger partial charge in [-0.25, -0.2) is 10.8 Å². The Kier molecular flexibility index (Phi) is 3.11. The number of imide groups is 1. The first-order valence-electron chi connectivity index (χ1n) is 5.40. The fourth-order valence-corrected chi connectivity index (χ4v) is 1.75. The lowest BCUT2D eigenvalue weighted by Crippen LogP contribution is -2.32. The SMILES string of the molecule is Cc1cc(NC2CC(=O)N(C)C2=O)nc(NN)n1. The average Bonchev–Trinajstić information content (AvgIpc) is 2.56. The number of nitrogen functional groups attached to an aromatic ring is 1. The molecule has 96 valence electrons. The number of hydrogen-bond donors (Lipinski definition) is 3. The summed E-state index contributed by atoms with van der Waals surface area (Å²) < 4.78 is 0. The summed E-state index contributed by atoms with van der Waals surface area (Å²) in [6.45, 7) is 1.78. The molecule has 2 amide bonds. The van der Waals surface area contributed by atoms with Gasteiger partial charge in [0.15, 0.2) is 0 Å². The summed E-state index contributed by atoms with van der Waals surface area (Å²) in [6, 6.07) is 1.10. The van der Waals surface area contributed by atoms with E-state index >= 15 is 0 Å². The van der Waals surface area contributed by atoms with Crippen molar-refractivity contribution in [3.63, 3.8) is 0 Å². The van der Waals surface area contributed by atoms with Gasteiger partial charge < -0.3 is 5.32 Å². The van der Waals surface area contributed by atoms with Crippen molar-refractivity contribution in [2.45, 2.75) is 19.4 Å². The summed E-state index contributed by atoms with van der Waals surface area (Å²) in [5.41, 5.74) is 3.04. The normalized spacial score (nSPS) is 19.3. The number of hydrogen-bond acceptors (Lipinski definition) is 7. The minimum Gasteiger partial charge on any atom is -0.358 e. The van der Waals surface area contributed by atoms with Gasteiger partial charge in [0.2, 0.25) is 11.9 Å². The molecular formula is C10H14N6O2. The highest BCUT2D eigenvalue weighted by molar-refractivity contribution is 6.06. The van der Waals surface area contributed by atoms with Crippen molar-refractivity contribution in [2.24, 2.45) is 5.84 Å². The van der Waals surface area contributed by atoms with Gasteiger partial charge in [-0.1, -0.05) is 0 Å². The van der Waals surface area contributed by atoms with E-state index in [0.29, 0.717) is 11.5 Å². The van der Waals surface area contributed by atoms with Gasteiger partial charge in [-0.2, -0.15) is 4.98 Å². The zero-order valence-corrected chi connectivity index (χ0v) is 10.1. The highest BCUT2D eigenvalue weighted by atomic mass is 16.2. The minimum atomic E-state index is -0.581. The zero-order valence-electron chi connectivity index (χ0n) is 10.1. The summed E-state index contributed by atoms with van der Waals surface area (Å²) >= 11 is 0. The maximum Gasteiger partial charge on any atom is 0.251 e. The topological polar surface area (TPSA) is 113 Å². The van der Waals surface area contributed by atoms with Crippen molar-refractivity contribution in [1.82, 2.24) is 14.9 Å². The van der Waals surface area contributed by atoms with Crippen molar-refractivity contribution in [1.29, 1.82) is 0 Å². The largest absolute Gasteiger partial charge is 0.358 e. The molecule has 0 aromatic carbocycles. The number of aryl methyl sites for hydroxylation is 1. The van der Waals surface area contributed by atoms with E-state index < -0.39 is 6.04 Å². The van der Waals surface area contributed by atoms with Crippen LogP contribution in [0.2, 0.25) is 0 Å². The molecule has 1 saturated heterocycles. The van der Waals surface area contributed by atoms with E-state index in [0.717, 1.165) is 4.90 Å². The second-order valence-electron chi connectivity index (χ2n) is 4.05. The van der Waals surface area contributed by atoms with Gasteiger partial charge >= 0.3 is 0 Å². The number of carbonyl (C=O) groups is 2. The van der Waals surface area contributed by atoms with Gasteiger partial charge in [-0.3, -0.25) is 19.9 Å². The molecule has 0 saturated carbocycles. The van der Waals surface area contributed by atoms with Gasteiger partial charge in [0.05, 0.1) is 6.42 Å². The lowest BCUT2D eigenvalue weighted by molar-refractivity contribution is -0.136. The first kappa shape index (κ1) is 12.2. The Balaban J connectivity index is 2.17. The van der Waals surface area contributed by atoms with Gasteiger partial charge in [-0.05, 0) is 6.92 Å². The van der Waals surface area contributed by atoms with Crippen molar-refractivity contribution >= 4 is 23.6 Å². The lowest BCUT2D eigenvalue weighted by atomic mass is 10.2. The number of rotatable bonds is 3. The molecule has 0 bridgehead atoms. The Labute approximate surface area is 104 Å². The van der Waals surface area contributed by atoms with E-state index in [4.69, 9.17) is 5.84 Å². The smallest absolute Gasteiger partial charge is 0.251 e. The number of carbonyl (C=O) groups excluding carboxylic acids is 2. The van der Waals surface area contributed by atoms with E-state index in [9.17, 15) is 9.59 Å². The third-order valence-corrected chi connectivity index (χ3v) is 2.69. The molecule has 2 rings (SSSR count). The first-order valence-corrected chi connectivity index (χ1v) is 5.40. The third kappa shape index (κ3) is 2.23. The van der Waals surface area contributed by atoms with E-state index in [1.807, 2.05) is 0 Å². The standard InChI is InChI=1S/C10H14N6O2/c1-5-3-7(14-10(12-5)15-11)13-6-4-8(17)16(2)9(6)18/h3,6H,4,11H2,1-2H3,(H2,12,13,14,15). The number of likely N-dealkylation sites (tertiary alicyclic amines) is 1. The number of likely N-dealkylation sites (N-methyl/N-ethyl adjacent to an activating group) is 1. The van der Waals surface area contributed by atoms with Crippen LogP contribution in [-0.4, -0.2) is 39.8 Å². The van der Waals surface area contributed by atoms with Crippen LogP contribution in [0.1, 0.15) is 12.1 Å². The Morgan fingerprint density at radius 1 is 1.44 bits per heavy atom. The summed E-state index contributed by atoms with van der Waals surface area (Å²) in [6.07, 6.45) is 0.129. The van der Waals surface area contributed by atoms with Crippen LogP contribution < -0.4 is 16.6 Å². The number of nitrogens with two attached hydrogens (primary N) is 1. The zero-order chi connectivity index (χ0) is 13.3. The Bertz CT molecular complexity index is 503. The quantitative estimate of drug-likeness (QED) is 0.367. The molecular weight excluding hydrogens is 236 g/mol. The van der Waals surface area contributed by atoms with Crippen LogP contribution in [-0.2, 0) is 9.59 Å². The van der Waals surface area contributed by atoms with E-state index in [1.165, 1.54) is 7.05 Å². The monoisotopic (exact) mass is 250 g/mol. The Morgan fingerprint density at radius 2 is 2.17 bits per heavy atom. The molecule has 1 aromatic rings. The summed E-state index contributed by atoms with van der Waals surface area (Å²) in [5, 5.41) is 2.91. The second-order valence-corrected chi connectivity index (χ2v) is 4.05. The lowest BCUT2D eigenvalue weighted by Gasteiger charge is -2.12. The summed E-state index contributed by atoms with van der Waals surface area (Å²) in [5.74, 6) is 5.47. The third-order valence-electron chi connectivity index (χ3n) is 2.69. The molecule has 1 unspecified atom stereocenters. The molecule has 8 heteroatoms. The fourth-order valence-electron chi connectivity index (χ4n) is 1.75. The van der Waals surface area contributed by atoms with Crippen molar-refractivity contribution in [3.8, 4) is 0 Å². The molecule has 1 aliphatic heterocycles. The van der Waals surface area contributed by atoms with E-state index in [2.05, 4.69) is 20.7 Å². The van der Waals surface area contributed by atoms with Gasteiger partial charge in [0, 0.05) is 18.8 Å². The van der Waals surface area contributed by atoms with Crippen LogP contribution in [0.3, 0.4) is 0 Å². The Morgan fingerprint density at radius 3 is 2.72 bits per heavy atom. The van der Waals surface area contributed by atoms with Crippen LogP contribution in [0.5, 0.6) is 0 Å². The van der Waals surface area contributed by atoms with Gasteiger partial charge in [0.25, 0.3) is 5.91 Å². The van der Waals surface area contributed by atoms with Crippen LogP contribution >= 0.6 is 0 Å². The predicted molar refractivity (Wildman–Crippen MR) is 64.4 cm³/mol. The van der Waals surface area contributed by atoms with Crippen molar-refractivity contribution in [3.05, 3.63) is 11.8 Å². The molecule has 18 heavy (non-hydrogen) atoms. The molecule has 8 nitrogen and oxygen atoms in total. The van der Waals surface area contributed by atoms with E-state index in [-0.39, 0.29) is 24.2 Å². The highest BCUT2D eigenvalue weighted by Crippen LogP contribution is 2.17. The molecule has 0 spiro atoms. The molecule has 2 heterocycles. The molecule has 4 N–H and O–H groups in total. The van der Waals surface area contributed by atoms with Crippen molar-refractivity contribution in [2.75, 3.05) is 17.8 Å². The number of anilines is 2. The van der Waals surface area contributed by atoms with Crippen LogP contribution in [0.4, 0.5) is 11.8 Å². The first-order chi connectivity index (χ1) is 8.51. The van der Waals surface area contributed by atoms with Crippen LogP contribution in [0.15, 0.2) is 6.07 Å². The molecule has 1 atom stereocenters. The number of aromatic nitrogens is 2. The average molecular weight is 250 g/mol. The second kappa shape index (κ2) is 4.57. The number of hydrazine groups is 1. The number of nitrogens with one attached hydrogen (secondary N) is 2. The molecule has 0 aliphatic carbocycles. The molecule has 0 radical (unpaired) electrons. The van der Waals surface area contributed by atoms with Crippen LogP contribution in [0.25, 0.3) is 0 Å². The van der Waals surface area contributed by atoms with Gasteiger partial charge in [-0.15, -0.1) is 0 Å². The highest BCUT2D eigenvalue weighted by Gasteiger charge is 2.36. The van der Waals surface area contributed by atoms with Crippen molar-refractivity contribution < 1.29 is 9.59 Å². The number of amides is 2.